The van der Waals surface area contributed by atoms with Gasteiger partial charge in [0, 0.05) is 50.0 Å². The van der Waals surface area contributed by atoms with Crippen molar-refractivity contribution >= 4 is 17.6 Å². The van der Waals surface area contributed by atoms with Crippen LogP contribution >= 0.6 is 0 Å². The SMILES string of the molecule is Cc1ccc(C)c(NC(=O)N2CCC(N(C(=O)C3CC3)C3CCOCC3)CC2)c1. The zero-order valence-corrected chi connectivity index (χ0v) is 17.7. The normalized spacial score (nSPS) is 21.1. The fraction of sp³-hybridized carbons (Fsp3) is 0.652. The molecule has 1 aliphatic carbocycles. The van der Waals surface area contributed by atoms with Crippen LogP contribution in [-0.4, -0.2) is 60.1 Å². The summed E-state index contributed by atoms with van der Waals surface area (Å²) in [6.07, 6.45) is 5.66. The highest BCUT2D eigenvalue weighted by molar-refractivity contribution is 5.90. The van der Waals surface area contributed by atoms with E-state index in [1.165, 1.54) is 0 Å². The van der Waals surface area contributed by atoms with E-state index in [0.29, 0.717) is 25.0 Å². The van der Waals surface area contributed by atoms with Crippen molar-refractivity contribution in [1.82, 2.24) is 9.80 Å². The summed E-state index contributed by atoms with van der Waals surface area (Å²) >= 11 is 0. The highest BCUT2D eigenvalue weighted by atomic mass is 16.5. The Labute approximate surface area is 173 Å². The number of hydrogen-bond donors (Lipinski definition) is 1. The zero-order chi connectivity index (χ0) is 20.4. The number of likely N-dealkylation sites (tertiary alicyclic amines) is 1. The summed E-state index contributed by atoms with van der Waals surface area (Å²) in [7, 11) is 0. The Bertz CT molecular complexity index is 748. The Kier molecular flexibility index (Phi) is 6.09. The van der Waals surface area contributed by atoms with Gasteiger partial charge in [0.1, 0.15) is 0 Å². The molecule has 0 radical (unpaired) electrons. The number of amides is 3. The third kappa shape index (κ3) is 4.74. The van der Waals surface area contributed by atoms with Crippen molar-refractivity contribution in [3.8, 4) is 0 Å². The Hall–Kier alpha value is -2.08. The molecular weight excluding hydrogens is 366 g/mol. The van der Waals surface area contributed by atoms with Crippen LogP contribution in [0.25, 0.3) is 0 Å². The molecule has 1 saturated carbocycles. The quantitative estimate of drug-likeness (QED) is 0.839. The van der Waals surface area contributed by atoms with Gasteiger partial charge in [-0.15, -0.1) is 0 Å². The molecule has 0 aromatic heterocycles. The number of ether oxygens (including phenoxy) is 1. The van der Waals surface area contributed by atoms with E-state index in [9.17, 15) is 9.59 Å². The third-order valence-electron chi connectivity index (χ3n) is 6.55. The number of benzene rings is 1. The molecule has 2 heterocycles. The van der Waals surface area contributed by atoms with Crippen LogP contribution in [0.1, 0.15) is 49.7 Å². The molecule has 1 aromatic carbocycles. The van der Waals surface area contributed by atoms with E-state index in [-0.39, 0.29) is 18.0 Å². The highest BCUT2D eigenvalue weighted by Gasteiger charge is 2.41. The van der Waals surface area contributed by atoms with Gasteiger partial charge in [-0.2, -0.15) is 0 Å². The molecule has 0 atom stereocenters. The molecule has 6 heteroatoms. The lowest BCUT2D eigenvalue weighted by atomic mass is 9.97. The molecule has 0 bridgehead atoms. The predicted octanol–water partition coefficient (Wildman–Crippen LogP) is 3.72. The van der Waals surface area contributed by atoms with Gasteiger partial charge in [-0.3, -0.25) is 4.79 Å². The van der Waals surface area contributed by atoms with Crippen LogP contribution in [0.15, 0.2) is 18.2 Å². The molecule has 3 aliphatic rings. The second kappa shape index (κ2) is 8.74. The first-order valence-electron chi connectivity index (χ1n) is 11.1. The monoisotopic (exact) mass is 399 g/mol. The summed E-state index contributed by atoms with van der Waals surface area (Å²) in [6.45, 7) is 6.92. The van der Waals surface area contributed by atoms with Gasteiger partial charge < -0.3 is 19.9 Å². The van der Waals surface area contributed by atoms with Crippen molar-refractivity contribution in [2.75, 3.05) is 31.6 Å². The molecule has 0 unspecified atom stereocenters. The van der Waals surface area contributed by atoms with E-state index in [1.807, 2.05) is 30.9 Å². The standard InChI is InChI=1S/C23H33N3O3/c1-16-3-4-17(2)21(15-16)24-23(28)25-11-7-19(8-12-25)26(22(27)18-5-6-18)20-9-13-29-14-10-20/h3-4,15,18-20H,5-14H2,1-2H3,(H,24,28). The number of nitrogens with zero attached hydrogens (tertiary/aromatic N) is 2. The van der Waals surface area contributed by atoms with Crippen molar-refractivity contribution < 1.29 is 14.3 Å². The minimum atomic E-state index is -0.0386. The third-order valence-corrected chi connectivity index (χ3v) is 6.55. The average Bonchev–Trinajstić information content (AvgIpc) is 3.57. The van der Waals surface area contributed by atoms with Crippen molar-refractivity contribution in [3.63, 3.8) is 0 Å². The molecule has 29 heavy (non-hydrogen) atoms. The molecule has 1 aromatic rings. The zero-order valence-electron chi connectivity index (χ0n) is 17.7. The number of nitrogens with one attached hydrogen (secondary N) is 1. The van der Waals surface area contributed by atoms with Gasteiger partial charge in [-0.1, -0.05) is 12.1 Å². The lowest BCUT2D eigenvalue weighted by Crippen LogP contribution is -2.54. The molecule has 1 N–H and O–H groups in total. The summed E-state index contributed by atoms with van der Waals surface area (Å²) in [5.41, 5.74) is 3.08. The maximum Gasteiger partial charge on any atom is 0.321 e. The maximum absolute atomic E-state index is 13.0. The van der Waals surface area contributed by atoms with Crippen molar-refractivity contribution in [1.29, 1.82) is 0 Å². The van der Waals surface area contributed by atoms with Crippen LogP contribution in [0.4, 0.5) is 10.5 Å². The topological polar surface area (TPSA) is 61.9 Å². The van der Waals surface area contributed by atoms with Gasteiger partial charge in [0.05, 0.1) is 0 Å². The molecule has 2 saturated heterocycles. The lowest BCUT2D eigenvalue weighted by Gasteiger charge is -2.43. The van der Waals surface area contributed by atoms with E-state index in [0.717, 1.165) is 68.6 Å². The van der Waals surface area contributed by atoms with Gasteiger partial charge >= 0.3 is 6.03 Å². The van der Waals surface area contributed by atoms with Crippen LogP contribution in [0, 0.1) is 19.8 Å². The first kappa shape index (κ1) is 20.2. The number of rotatable bonds is 4. The summed E-state index contributed by atoms with van der Waals surface area (Å²) < 4.78 is 5.52. The van der Waals surface area contributed by atoms with Gasteiger partial charge in [0.15, 0.2) is 0 Å². The fourth-order valence-electron chi connectivity index (χ4n) is 4.57. The minimum Gasteiger partial charge on any atom is -0.381 e. The Balaban J connectivity index is 1.37. The largest absolute Gasteiger partial charge is 0.381 e. The van der Waals surface area contributed by atoms with E-state index < -0.39 is 0 Å². The molecule has 3 amide bonds. The minimum absolute atomic E-state index is 0.0386. The van der Waals surface area contributed by atoms with Crippen LogP contribution in [0.5, 0.6) is 0 Å². The first-order chi connectivity index (χ1) is 14.0. The number of urea groups is 1. The van der Waals surface area contributed by atoms with E-state index in [1.54, 1.807) is 0 Å². The molecular formula is C23H33N3O3. The van der Waals surface area contributed by atoms with E-state index >= 15 is 0 Å². The lowest BCUT2D eigenvalue weighted by molar-refractivity contribution is -0.141. The van der Waals surface area contributed by atoms with E-state index in [2.05, 4.69) is 16.3 Å². The van der Waals surface area contributed by atoms with Crippen molar-refractivity contribution in [2.45, 2.75) is 64.5 Å². The number of anilines is 1. The Morgan fingerprint density at radius 2 is 1.66 bits per heavy atom. The number of carbonyl (C=O) groups excluding carboxylic acids is 2. The summed E-state index contributed by atoms with van der Waals surface area (Å²) in [5, 5.41) is 3.07. The first-order valence-corrected chi connectivity index (χ1v) is 11.1. The van der Waals surface area contributed by atoms with Gasteiger partial charge in [-0.25, -0.2) is 4.79 Å². The molecule has 0 spiro atoms. The summed E-state index contributed by atoms with van der Waals surface area (Å²) in [4.78, 5) is 29.9. The predicted molar refractivity (Wildman–Crippen MR) is 113 cm³/mol. The molecule has 3 fully saturated rings. The molecule has 4 rings (SSSR count). The van der Waals surface area contributed by atoms with E-state index in [4.69, 9.17) is 4.74 Å². The Morgan fingerprint density at radius 3 is 2.31 bits per heavy atom. The van der Waals surface area contributed by atoms with Gasteiger partial charge in [0.2, 0.25) is 5.91 Å². The maximum atomic E-state index is 13.0. The summed E-state index contributed by atoms with van der Waals surface area (Å²) in [5.74, 6) is 0.582. The van der Waals surface area contributed by atoms with Gasteiger partial charge in [0.25, 0.3) is 0 Å². The Morgan fingerprint density at radius 1 is 1.00 bits per heavy atom. The number of hydrogen-bond acceptors (Lipinski definition) is 3. The average molecular weight is 400 g/mol. The fourth-order valence-corrected chi connectivity index (χ4v) is 4.57. The molecule has 6 nitrogen and oxygen atoms in total. The van der Waals surface area contributed by atoms with Crippen LogP contribution in [0.2, 0.25) is 0 Å². The van der Waals surface area contributed by atoms with Gasteiger partial charge in [-0.05, 0) is 69.6 Å². The van der Waals surface area contributed by atoms with Crippen LogP contribution in [-0.2, 0) is 9.53 Å². The highest BCUT2D eigenvalue weighted by Crippen LogP contribution is 2.35. The van der Waals surface area contributed by atoms with Crippen molar-refractivity contribution in [3.05, 3.63) is 29.3 Å². The number of piperidine rings is 1. The van der Waals surface area contributed by atoms with Crippen molar-refractivity contribution in [2.24, 2.45) is 5.92 Å². The van der Waals surface area contributed by atoms with Crippen LogP contribution in [0.3, 0.4) is 0 Å². The molecule has 2 aliphatic heterocycles. The second-order valence-corrected chi connectivity index (χ2v) is 8.83. The smallest absolute Gasteiger partial charge is 0.321 e. The number of aryl methyl sites for hydroxylation is 2. The number of carbonyl (C=O) groups is 2. The van der Waals surface area contributed by atoms with Crippen LogP contribution < -0.4 is 5.32 Å². The second-order valence-electron chi connectivity index (χ2n) is 8.83. The molecule has 158 valence electrons. The summed E-state index contributed by atoms with van der Waals surface area (Å²) in [6, 6.07) is 6.61.